The second-order valence-corrected chi connectivity index (χ2v) is 5.78. The largest absolute Gasteiger partial charge is 0.399 e. The van der Waals surface area contributed by atoms with Gasteiger partial charge in [0.15, 0.2) is 0 Å². The average molecular weight is 272 g/mol. The predicted octanol–water partition coefficient (Wildman–Crippen LogP) is 1.46. The fourth-order valence-electron chi connectivity index (χ4n) is 1.60. The van der Waals surface area contributed by atoms with Crippen molar-refractivity contribution in [2.45, 2.75) is 13.8 Å². The lowest BCUT2D eigenvalue weighted by molar-refractivity contribution is 0.163. The monoisotopic (exact) mass is 272 g/mol. The van der Waals surface area contributed by atoms with Crippen LogP contribution in [-0.2, 0) is 14.8 Å². The Bertz CT molecular complexity index is 457. The highest BCUT2D eigenvalue weighted by atomic mass is 32.2. The third kappa shape index (κ3) is 3.89. The van der Waals surface area contributed by atoms with Gasteiger partial charge in [0.1, 0.15) is 0 Å². The second kappa shape index (κ2) is 6.61. The number of sulfonamides is 1. The molecule has 0 spiro atoms. The zero-order valence-electron chi connectivity index (χ0n) is 10.8. The SMILES string of the molecule is CCOCCS(=O)(=O)N(CC)c1ccc(N)cc1. The number of nitrogens with zero attached hydrogens (tertiary/aromatic N) is 1. The van der Waals surface area contributed by atoms with E-state index in [9.17, 15) is 8.42 Å². The summed E-state index contributed by atoms with van der Waals surface area (Å²) in [5.74, 6) is -0.0148. The van der Waals surface area contributed by atoms with Crippen molar-refractivity contribution in [2.24, 2.45) is 0 Å². The summed E-state index contributed by atoms with van der Waals surface area (Å²) in [4.78, 5) is 0. The molecule has 0 aliphatic carbocycles. The molecule has 1 aromatic carbocycles. The molecular weight excluding hydrogens is 252 g/mol. The van der Waals surface area contributed by atoms with Gasteiger partial charge in [0, 0.05) is 18.8 Å². The molecular formula is C12H20N2O3S. The minimum absolute atomic E-state index is 0.0148. The molecule has 0 saturated carbocycles. The average Bonchev–Trinajstić information content (AvgIpc) is 2.32. The van der Waals surface area contributed by atoms with Crippen molar-refractivity contribution in [2.75, 3.05) is 35.6 Å². The Hall–Kier alpha value is -1.27. The second-order valence-electron chi connectivity index (χ2n) is 3.77. The first-order valence-corrected chi connectivity index (χ1v) is 7.56. The van der Waals surface area contributed by atoms with E-state index in [-0.39, 0.29) is 12.4 Å². The van der Waals surface area contributed by atoms with Crippen LogP contribution in [0.4, 0.5) is 11.4 Å². The lowest BCUT2D eigenvalue weighted by Gasteiger charge is -2.22. The van der Waals surface area contributed by atoms with E-state index in [4.69, 9.17) is 10.5 Å². The third-order valence-corrected chi connectivity index (χ3v) is 4.32. The molecule has 102 valence electrons. The maximum absolute atomic E-state index is 12.1. The fraction of sp³-hybridized carbons (Fsp3) is 0.500. The molecule has 0 bridgehead atoms. The molecule has 2 N–H and O–H groups in total. The first-order valence-electron chi connectivity index (χ1n) is 5.95. The van der Waals surface area contributed by atoms with Gasteiger partial charge in [0.25, 0.3) is 0 Å². The summed E-state index contributed by atoms with van der Waals surface area (Å²) < 4.78 is 30.7. The first-order chi connectivity index (χ1) is 8.51. The van der Waals surface area contributed by atoms with Crippen LogP contribution in [0, 0.1) is 0 Å². The minimum Gasteiger partial charge on any atom is -0.399 e. The van der Waals surface area contributed by atoms with Gasteiger partial charge in [0.05, 0.1) is 18.0 Å². The van der Waals surface area contributed by atoms with E-state index in [1.807, 2.05) is 6.92 Å². The molecule has 0 heterocycles. The highest BCUT2D eigenvalue weighted by molar-refractivity contribution is 7.92. The van der Waals surface area contributed by atoms with Crippen LogP contribution in [0.3, 0.4) is 0 Å². The summed E-state index contributed by atoms with van der Waals surface area (Å²) in [6.07, 6.45) is 0. The Morgan fingerprint density at radius 1 is 1.22 bits per heavy atom. The topological polar surface area (TPSA) is 72.6 Å². The summed E-state index contributed by atoms with van der Waals surface area (Å²) in [6, 6.07) is 6.79. The summed E-state index contributed by atoms with van der Waals surface area (Å²) in [5, 5.41) is 0. The van der Waals surface area contributed by atoms with Gasteiger partial charge in [-0.25, -0.2) is 8.42 Å². The van der Waals surface area contributed by atoms with Crippen LogP contribution in [0.25, 0.3) is 0 Å². The van der Waals surface area contributed by atoms with Crippen molar-refractivity contribution in [3.05, 3.63) is 24.3 Å². The van der Waals surface area contributed by atoms with E-state index in [2.05, 4.69) is 0 Å². The maximum atomic E-state index is 12.1. The van der Waals surface area contributed by atoms with E-state index in [0.29, 0.717) is 24.5 Å². The van der Waals surface area contributed by atoms with Crippen molar-refractivity contribution in [3.8, 4) is 0 Å². The summed E-state index contributed by atoms with van der Waals surface area (Å²) in [5.41, 5.74) is 6.83. The molecule has 0 aliphatic rings. The summed E-state index contributed by atoms with van der Waals surface area (Å²) >= 11 is 0. The van der Waals surface area contributed by atoms with E-state index >= 15 is 0 Å². The molecule has 0 unspecified atom stereocenters. The maximum Gasteiger partial charge on any atom is 0.237 e. The minimum atomic E-state index is -3.34. The Labute approximate surface area is 109 Å². The van der Waals surface area contributed by atoms with Gasteiger partial charge in [-0.3, -0.25) is 4.31 Å². The highest BCUT2D eigenvalue weighted by Gasteiger charge is 2.20. The first kappa shape index (κ1) is 14.8. The van der Waals surface area contributed by atoms with Crippen LogP contribution in [0.5, 0.6) is 0 Å². The number of rotatable bonds is 7. The number of benzene rings is 1. The fourth-order valence-corrected chi connectivity index (χ4v) is 2.98. The van der Waals surface area contributed by atoms with E-state index in [1.165, 1.54) is 4.31 Å². The Morgan fingerprint density at radius 3 is 2.33 bits per heavy atom. The summed E-state index contributed by atoms with van der Waals surface area (Å²) in [7, 11) is -3.34. The van der Waals surface area contributed by atoms with Gasteiger partial charge in [-0.15, -0.1) is 0 Å². The predicted molar refractivity (Wildman–Crippen MR) is 74.2 cm³/mol. The zero-order chi connectivity index (χ0) is 13.6. The lowest BCUT2D eigenvalue weighted by Crippen LogP contribution is -2.34. The van der Waals surface area contributed by atoms with Crippen LogP contribution in [-0.4, -0.2) is 33.9 Å². The molecule has 6 heteroatoms. The lowest BCUT2D eigenvalue weighted by atomic mass is 10.3. The standard InChI is InChI=1S/C12H20N2O3S/c1-3-14(12-7-5-11(13)6-8-12)18(15,16)10-9-17-4-2/h5-8H,3-4,9-10,13H2,1-2H3. The molecule has 18 heavy (non-hydrogen) atoms. The van der Waals surface area contributed by atoms with Crippen molar-refractivity contribution in [1.82, 2.24) is 0 Å². The van der Waals surface area contributed by atoms with E-state index in [0.717, 1.165) is 0 Å². The Morgan fingerprint density at radius 2 is 1.83 bits per heavy atom. The molecule has 0 fully saturated rings. The highest BCUT2D eigenvalue weighted by Crippen LogP contribution is 2.19. The third-order valence-electron chi connectivity index (χ3n) is 2.49. The number of hydrogen-bond donors (Lipinski definition) is 1. The molecule has 0 aromatic heterocycles. The van der Waals surface area contributed by atoms with Crippen molar-refractivity contribution >= 4 is 21.4 Å². The van der Waals surface area contributed by atoms with E-state index in [1.54, 1.807) is 31.2 Å². The van der Waals surface area contributed by atoms with Gasteiger partial charge >= 0.3 is 0 Å². The number of anilines is 2. The Balaban J connectivity index is 2.85. The van der Waals surface area contributed by atoms with E-state index < -0.39 is 10.0 Å². The summed E-state index contributed by atoms with van der Waals surface area (Å²) in [6.45, 7) is 4.75. The molecule has 5 nitrogen and oxygen atoms in total. The Kier molecular flexibility index (Phi) is 5.43. The number of ether oxygens (including phenoxy) is 1. The molecule has 0 radical (unpaired) electrons. The van der Waals surface area contributed by atoms with Crippen LogP contribution >= 0.6 is 0 Å². The van der Waals surface area contributed by atoms with Crippen LogP contribution in [0.1, 0.15) is 13.8 Å². The van der Waals surface area contributed by atoms with Gasteiger partial charge < -0.3 is 10.5 Å². The normalized spacial score (nSPS) is 11.4. The van der Waals surface area contributed by atoms with Crippen LogP contribution in [0.2, 0.25) is 0 Å². The molecule has 1 rings (SSSR count). The van der Waals surface area contributed by atoms with Crippen molar-refractivity contribution < 1.29 is 13.2 Å². The molecule has 0 saturated heterocycles. The van der Waals surface area contributed by atoms with Gasteiger partial charge in [-0.1, -0.05) is 0 Å². The van der Waals surface area contributed by atoms with Crippen LogP contribution in [0.15, 0.2) is 24.3 Å². The number of nitrogen functional groups attached to an aromatic ring is 1. The number of nitrogens with two attached hydrogens (primary N) is 1. The molecule has 0 aliphatic heterocycles. The molecule has 0 amide bonds. The van der Waals surface area contributed by atoms with Gasteiger partial charge in [-0.05, 0) is 38.1 Å². The zero-order valence-corrected chi connectivity index (χ0v) is 11.6. The smallest absolute Gasteiger partial charge is 0.237 e. The van der Waals surface area contributed by atoms with Crippen molar-refractivity contribution in [1.29, 1.82) is 0 Å². The van der Waals surface area contributed by atoms with Gasteiger partial charge in [0.2, 0.25) is 10.0 Å². The molecule has 1 aromatic rings. The number of hydrogen-bond acceptors (Lipinski definition) is 4. The van der Waals surface area contributed by atoms with Crippen LogP contribution < -0.4 is 10.0 Å². The molecule has 0 atom stereocenters. The van der Waals surface area contributed by atoms with Crippen molar-refractivity contribution in [3.63, 3.8) is 0 Å². The van der Waals surface area contributed by atoms with Gasteiger partial charge in [-0.2, -0.15) is 0 Å². The quantitative estimate of drug-likeness (QED) is 0.602.